The fourth-order valence-corrected chi connectivity index (χ4v) is 1.13. The lowest BCUT2D eigenvalue weighted by molar-refractivity contribution is 0.922. The third-order valence-electron chi connectivity index (χ3n) is 1.37. The monoisotopic (exact) mass is 244 g/mol. The van der Waals surface area contributed by atoms with Crippen LogP contribution in [0.4, 0.5) is 0 Å². The van der Waals surface area contributed by atoms with Crippen LogP contribution >= 0.6 is 28.6 Å². The second-order valence-electron chi connectivity index (χ2n) is 2.33. The molecule has 0 aliphatic heterocycles. The van der Waals surface area contributed by atoms with Crippen molar-refractivity contribution in [1.29, 1.82) is 5.41 Å². The number of benzene rings is 1. The van der Waals surface area contributed by atoms with Gasteiger partial charge in [0, 0.05) is 11.0 Å². The van der Waals surface area contributed by atoms with Crippen molar-refractivity contribution in [2.24, 2.45) is 0 Å². The summed E-state index contributed by atoms with van der Waals surface area (Å²) in [6, 6.07) is 7.93. The Labute approximate surface area is 85.4 Å². The predicted octanol–water partition coefficient (Wildman–Crippen LogP) is 2.40. The summed E-state index contributed by atoms with van der Waals surface area (Å²) in [6.07, 6.45) is 0. The van der Waals surface area contributed by atoms with Crippen molar-refractivity contribution in [2.75, 3.05) is 0 Å². The average Bonchev–Trinajstić information content (AvgIpc) is 2.03. The maximum absolute atomic E-state index is 7.03. The fourth-order valence-electron chi connectivity index (χ4n) is 0.788. The second kappa shape index (κ2) is 4.52. The van der Waals surface area contributed by atoms with E-state index in [-0.39, 0.29) is 5.17 Å². The minimum atomic E-state index is 0.193. The summed E-state index contributed by atoms with van der Waals surface area (Å²) in [7, 11) is 0. The molecule has 1 aromatic carbocycles. The molecule has 0 aromatic heterocycles. The summed E-state index contributed by atoms with van der Waals surface area (Å²) in [5.41, 5.74) is 1.14. The van der Waals surface area contributed by atoms with Crippen molar-refractivity contribution in [2.45, 2.75) is 6.54 Å². The first-order chi connectivity index (χ1) is 5.68. The Kier molecular flexibility index (Phi) is 3.62. The van der Waals surface area contributed by atoms with Gasteiger partial charge in [-0.2, -0.15) is 0 Å². The van der Waals surface area contributed by atoms with Crippen LogP contribution < -0.4 is 5.32 Å². The minimum Gasteiger partial charge on any atom is -0.361 e. The average molecular weight is 245 g/mol. The van der Waals surface area contributed by atoms with Crippen LogP contribution in [0.1, 0.15) is 5.56 Å². The van der Waals surface area contributed by atoms with E-state index in [1.165, 1.54) is 0 Å². The van der Waals surface area contributed by atoms with Crippen LogP contribution in [-0.2, 0) is 6.54 Å². The Morgan fingerprint density at radius 2 is 2.00 bits per heavy atom. The topological polar surface area (TPSA) is 35.9 Å². The fraction of sp³-hybridized carbons (Fsp3) is 0.125. The largest absolute Gasteiger partial charge is 0.361 e. The van der Waals surface area contributed by atoms with Gasteiger partial charge in [-0.25, -0.2) is 0 Å². The molecule has 0 heterocycles. The molecule has 0 bridgehead atoms. The molecule has 0 saturated heterocycles. The minimum absolute atomic E-state index is 0.193. The molecule has 0 amide bonds. The van der Waals surface area contributed by atoms with Crippen molar-refractivity contribution in [3.63, 3.8) is 0 Å². The molecular weight excluding hydrogens is 236 g/mol. The Hall–Kier alpha value is -0.480. The van der Waals surface area contributed by atoms with E-state index in [1.807, 2.05) is 24.3 Å². The van der Waals surface area contributed by atoms with Crippen LogP contribution in [0.15, 0.2) is 28.7 Å². The van der Waals surface area contributed by atoms with Crippen LogP contribution in [0.2, 0.25) is 0 Å². The van der Waals surface area contributed by atoms with Gasteiger partial charge >= 0.3 is 0 Å². The van der Waals surface area contributed by atoms with Crippen LogP contribution in [0.3, 0.4) is 0 Å². The lowest BCUT2D eigenvalue weighted by atomic mass is 10.2. The van der Waals surface area contributed by atoms with Crippen molar-refractivity contribution >= 4 is 33.7 Å². The van der Waals surface area contributed by atoms with Crippen molar-refractivity contribution in [3.8, 4) is 0 Å². The number of rotatable bonds is 2. The van der Waals surface area contributed by atoms with E-state index >= 15 is 0 Å². The molecule has 12 heavy (non-hydrogen) atoms. The van der Waals surface area contributed by atoms with Gasteiger partial charge < -0.3 is 5.32 Å². The van der Waals surface area contributed by atoms with E-state index in [0.717, 1.165) is 10.0 Å². The zero-order chi connectivity index (χ0) is 8.97. The molecular formula is C8H9BrN2S. The lowest BCUT2D eigenvalue weighted by Crippen LogP contribution is -2.16. The van der Waals surface area contributed by atoms with Gasteiger partial charge in [0.2, 0.25) is 0 Å². The quantitative estimate of drug-likeness (QED) is 0.417. The maximum Gasteiger partial charge on any atom is 0.150 e. The Morgan fingerprint density at radius 1 is 1.42 bits per heavy atom. The lowest BCUT2D eigenvalue weighted by Gasteiger charge is -2.02. The van der Waals surface area contributed by atoms with Crippen LogP contribution in [0.25, 0.3) is 0 Å². The molecule has 4 heteroatoms. The molecule has 0 fully saturated rings. The summed E-state index contributed by atoms with van der Waals surface area (Å²) in [4.78, 5) is 0. The Bertz CT molecular complexity index is 271. The van der Waals surface area contributed by atoms with Gasteiger partial charge in [0.1, 0.15) is 0 Å². The third kappa shape index (κ3) is 3.28. The highest BCUT2D eigenvalue weighted by Crippen LogP contribution is 2.10. The van der Waals surface area contributed by atoms with Crippen molar-refractivity contribution in [3.05, 3.63) is 34.3 Å². The molecule has 0 radical (unpaired) electrons. The van der Waals surface area contributed by atoms with Gasteiger partial charge in [-0.1, -0.05) is 28.1 Å². The molecule has 64 valence electrons. The molecule has 2 N–H and O–H groups in total. The molecule has 0 aliphatic carbocycles. The van der Waals surface area contributed by atoms with E-state index in [2.05, 4.69) is 33.9 Å². The van der Waals surface area contributed by atoms with E-state index in [0.29, 0.717) is 6.54 Å². The summed E-state index contributed by atoms with van der Waals surface area (Å²) >= 11 is 7.16. The highest BCUT2D eigenvalue weighted by molar-refractivity contribution is 9.10. The summed E-state index contributed by atoms with van der Waals surface area (Å²) in [6.45, 7) is 0.648. The number of nitrogens with one attached hydrogen (secondary N) is 2. The summed E-state index contributed by atoms with van der Waals surface area (Å²) < 4.78 is 1.06. The van der Waals surface area contributed by atoms with Crippen LogP contribution in [-0.4, -0.2) is 5.17 Å². The zero-order valence-electron chi connectivity index (χ0n) is 6.34. The normalized spacial score (nSPS) is 9.50. The third-order valence-corrected chi connectivity index (χ3v) is 2.06. The van der Waals surface area contributed by atoms with Crippen LogP contribution in [0.5, 0.6) is 0 Å². The first kappa shape index (κ1) is 9.61. The molecule has 1 aromatic rings. The predicted molar refractivity (Wildman–Crippen MR) is 57.7 cm³/mol. The van der Waals surface area contributed by atoms with E-state index < -0.39 is 0 Å². The maximum atomic E-state index is 7.03. The van der Waals surface area contributed by atoms with Gasteiger partial charge in [0.25, 0.3) is 0 Å². The smallest absolute Gasteiger partial charge is 0.150 e. The van der Waals surface area contributed by atoms with Gasteiger partial charge in [-0.05, 0) is 17.7 Å². The van der Waals surface area contributed by atoms with E-state index in [4.69, 9.17) is 5.41 Å². The SMILES string of the molecule is N=C(S)NCc1ccc(Br)cc1. The first-order valence-corrected chi connectivity index (χ1v) is 4.68. The number of hydrogen-bond donors (Lipinski definition) is 3. The number of amidine groups is 1. The van der Waals surface area contributed by atoms with Gasteiger partial charge in [0.15, 0.2) is 5.17 Å². The van der Waals surface area contributed by atoms with E-state index in [9.17, 15) is 0 Å². The highest BCUT2D eigenvalue weighted by atomic mass is 79.9. The zero-order valence-corrected chi connectivity index (χ0v) is 8.82. The van der Waals surface area contributed by atoms with Crippen molar-refractivity contribution in [1.82, 2.24) is 5.32 Å². The molecule has 0 aliphatic rings. The van der Waals surface area contributed by atoms with Gasteiger partial charge in [-0.15, -0.1) is 12.6 Å². The number of thiol groups is 1. The molecule has 1 rings (SSSR count). The van der Waals surface area contributed by atoms with Gasteiger partial charge in [-0.3, -0.25) is 5.41 Å². The number of hydrogen-bond acceptors (Lipinski definition) is 1. The van der Waals surface area contributed by atoms with Crippen LogP contribution in [0, 0.1) is 5.41 Å². The summed E-state index contributed by atoms with van der Waals surface area (Å²) in [5.74, 6) is 0. The van der Waals surface area contributed by atoms with E-state index in [1.54, 1.807) is 0 Å². The highest BCUT2D eigenvalue weighted by Gasteiger charge is 1.92. The molecule has 0 atom stereocenters. The molecule has 0 unspecified atom stereocenters. The molecule has 2 nitrogen and oxygen atoms in total. The Morgan fingerprint density at radius 3 is 2.50 bits per heavy atom. The Balaban J connectivity index is 2.53. The molecule has 0 spiro atoms. The molecule has 0 saturated carbocycles. The number of halogens is 1. The standard InChI is InChI=1S/C8H9BrN2S/c9-7-3-1-6(2-4-7)5-11-8(10)12/h1-4H,5H2,(H3,10,11,12). The summed E-state index contributed by atoms with van der Waals surface area (Å²) in [5, 5.41) is 10.0. The first-order valence-electron chi connectivity index (χ1n) is 3.44. The van der Waals surface area contributed by atoms with Crippen molar-refractivity contribution < 1.29 is 0 Å². The van der Waals surface area contributed by atoms with Gasteiger partial charge in [0.05, 0.1) is 0 Å². The second-order valence-corrected chi connectivity index (χ2v) is 3.69.